The third-order valence-electron chi connectivity index (χ3n) is 8.37. The minimum Gasteiger partial charge on any atom is -0.392 e. The highest BCUT2D eigenvalue weighted by Gasteiger charge is 2.10. The van der Waals surface area contributed by atoms with Crippen molar-refractivity contribution in [3.8, 4) is 0 Å². The standard InChI is InChI=1S/C36H75NO2/c1-4-5-6-7-8-9-10-11-12-13-14-15-16-17-18-19-20-21-22-23-24-25-26-27-28-29-30-31-32-37(33-35(2)38)34-36(3)39/h35-36,38-39H,4-34H2,1-3H3. The van der Waals surface area contributed by atoms with Crippen LogP contribution in [0.5, 0.6) is 0 Å². The zero-order chi connectivity index (χ0) is 28.7. The van der Waals surface area contributed by atoms with Crippen LogP contribution in [0.2, 0.25) is 0 Å². The van der Waals surface area contributed by atoms with E-state index in [1.807, 2.05) is 13.8 Å². The third kappa shape index (κ3) is 34.0. The van der Waals surface area contributed by atoms with Crippen LogP contribution >= 0.6 is 0 Å². The molecule has 0 fully saturated rings. The second-order valence-electron chi connectivity index (χ2n) is 13.0. The Morgan fingerprint density at radius 1 is 0.359 bits per heavy atom. The molecular formula is C36H75NO2. The van der Waals surface area contributed by atoms with Crippen molar-refractivity contribution in [2.24, 2.45) is 0 Å². The lowest BCUT2D eigenvalue weighted by Gasteiger charge is -2.24. The van der Waals surface area contributed by atoms with Crippen molar-refractivity contribution in [1.82, 2.24) is 4.90 Å². The number of rotatable bonds is 33. The van der Waals surface area contributed by atoms with Crippen LogP contribution in [-0.4, -0.2) is 47.0 Å². The number of aliphatic hydroxyl groups is 2. The van der Waals surface area contributed by atoms with Gasteiger partial charge in [-0.1, -0.05) is 180 Å². The molecule has 0 rings (SSSR count). The Morgan fingerprint density at radius 3 is 0.769 bits per heavy atom. The van der Waals surface area contributed by atoms with Crippen LogP contribution in [0.3, 0.4) is 0 Å². The van der Waals surface area contributed by atoms with E-state index < -0.39 is 0 Å². The molecule has 3 heteroatoms. The topological polar surface area (TPSA) is 43.7 Å². The van der Waals surface area contributed by atoms with Crippen molar-refractivity contribution in [3.63, 3.8) is 0 Å². The number of hydrogen-bond acceptors (Lipinski definition) is 3. The summed E-state index contributed by atoms with van der Waals surface area (Å²) >= 11 is 0. The highest BCUT2D eigenvalue weighted by molar-refractivity contribution is 4.64. The normalized spacial score (nSPS) is 13.4. The van der Waals surface area contributed by atoms with Gasteiger partial charge in [-0.05, 0) is 26.8 Å². The van der Waals surface area contributed by atoms with Crippen LogP contribution in [0.15, 0.2) is 0 Å². The van der Waals surface area contributed by atoms with Crippen LogP contribution in [0.1, 0.15) is 201 Å². The van der Waals surface area contributed by atoms with Crippen molar-refractivity contribution >= 4 is 0 Å². The minimum atomic E-state index is -0.317. The number of aliphatic hydroxyl groups excluding tert-OH is 2. The molecule has 0 aliphatic rings. The first-order chi connectivity index (χ1) is 19.1. The largest absolute Gasteiger partial charge is 0.392 e. The molecule has 3 nitrogen and oxygen atoms in total. The SMILES string of the molecule is CCCCCCCCCCCCCCCCCCCCCCCCCCCCCCN(CC(C)O)CC(C)O. The van der Waals surface area contributed by atoms with E-state index >= 15 is 0 Å². The molecule has 0 bridgehead atoms. The Hall–Kier alpha value is -0.120. The maximum absolute atomic E-state index is 9.62. The predicted molar refractivity (Wildman–Crippen MR) is 175 cm³/mol. The van der Waals surface area contributed by atoms with Crippen molar-refractivity contribution in [2.75, 3.05) is 19.6 Å². The first kappa shape index (κ1) is 38.9. The zero-order valence-electron chi connectivity index (χ0n) is 27.4. The van der Waals surface area contributed by atoms with Crippen LogP contribution in [-0.2, 0) is 0 Å². The fourth-order valence-electron chi connectivity index (χ4n) is 6.01. The van der Waals surface area contributed by atoms with Crippen molar-refractivity contribution < 1.29 is 10.2 Å². The molecule has 0 aromatic rings. The van der Waals surface area contributed by atoms with Crippen molar-refractivity contribution in [3.05, 3.63) is 0 Å². The van der Waals surface area contributed by atoms with Gasteiger partial charge in [0.1, 0.15) is 0 Å². The molecule has 0 aliphatic heterocycles. The summed E-state index contributed by atoms with van der Waals surface area (Å²) in [5.74, 6) is 0. The molecule has 2 atom stereocenters. The second kappa shape index (κ2) is 32.4. The van der Waals surface area contributed by atoms with E-state index in [9.17, 15) is 10.2 Å². The smallest absolute Gasteiger partial charge is 0.0639 e. The molecule has 0 saturated heterocycles. The Bertz CT molecular complexity index is 430. The summed E-state index contributed by atoms with van der Waals surface area (Å²) < 4.78 is 0. The van der Waals surface area contributed by atoms with E-state index in [2.05, 4.69) is 11.8 Å². The monoisotopic (exact) mass is 554 g/mol. The summed E-state index contributed by atoms with van der Waals surface area (Å²) in [6.45, 7) is 8.30. The maximum Gasteiger partial charge on any atom is 0.0639 e. The summed E-state index contributed by atoms with van der Waals surface area (Å²) in [7, 11) is 0. The van der Waals surface area contributed by atoms with Gasteiger partial charge in [0.25, 0.3) is 0 Å². The first-order valence-corrected chi connectivity index (χ1v) is 18.1. The highest BCUT2D eigenvalue weighted by atomic mass is 16.3. The van der Waals surface area contributed by atoms with E-state index in [1.54, 1.807) is 0 Å². The molecule has 0 saturated carbocycles. The summed E-state index contributed by atoms with van der Waals surface area (Å²) in [5, 5.41) is 19.2. The Balaban J connectivity index is 3.18. The molecule has 0 heterocycles. The van der Waals surface area contributed by atoms with Crippen LogP contribution in [0.4, 0.5) is 0 Å². The Kier molecular flexibility index (Phi) is 32.3. The van der Waals surface area contributed by atoms with Gasteiger partial charge in [0.2, 0.25) is 0 Å². The molecule has 0 amide bonds. The van der Waals surface area contributed by atoms with Gasteiger partial charge in [0.15, 0.2) is 0 Å². The van der Waals surface area contributed by atoms with Gasteiger partial charge in [0.05, 0.1) is 12.2 Å². The van der Waals surface area contributed by atoms with E-state index in [0.29, 0.717) is 13.1 Å². The van der Waals surface area contributed by atoms with Crippen molar-refractivity contribution in [1.29, 1.82) is 0 Å². The molecule has 0 radical (unpaired) electrons. The minimum absolute atomic E-state index is 0.317. The van der Waals surface area contributed by atoms with Gasteiger partial charge in [-0.15, -0.1) is 0 Å². The lowest BCUT2D eigenvalue weighted by atomic mass is 10.0. The maximum atomic E-state index is 9.62. The van der Waals surface area contributed by atoms with E-state index in [4.69, 9.17) is 0 Å². The zero-order valence-corrected chi connectivity index (χ0v) is 27.4. The third-order valence-corrected chi connectivity index (χ3v) is 8.37. The van der Waals surface area contributed by atoms with E-state index in [0.717, 1.165) is 6.54 Å². The van der Waals surface area contributed by atoms with Crippen LogP contribution in [0.25, 0.3) is 0 Å². The number of nitrogens with zero attached hydrogens (tertiary/aromatic N) is 1. The second-order valence-corrected chi connectivity index (χ2v) is 13.0. The molecular weight excluding hydrogens is 478 g/mol. The van der Waals surface area contributed by atoms with Gasteiger partial charge in [-0.2, -0.15) is 0 Å². The number of unbranched alkanes of at least 4 members (excludes halogenated alkanes) is 27. The van der Waals surface area contributed by atoms with E-state index in [1.165, 1.54) is 180 Å². The predicted octanol–water partition coefficient (Wildman–Crippen LogP) is 11.0. The Labute approximate surface area is 247 Å². The molecule has 39 heavy (non-hydrogen) atoms. The highest BCUT2D eigenvalue weighted by Crippen LogP contribution is 2.16. The molecule has 0 aromatic carbocycles. The van der Waals surface area contributed by atoms with E-state index in [-0.39, 0.29) is 12.2 Å². The first-order valence-electron chi connectivity index (χ1n) is 18.1. The molecule has 0 aromatic heterocycles. The quantitative estimate of drug-likeness (QED) is 0.0794. The molecule has 2 N–H and O–H groups in total. The molecule has 0 spiro atoms. The Morgan fingerprint density at radius 2 is 0.564 bits per heavy atom. The van der Waals surface area contributed by atoms with Gasteiger partial charge < -0.3 is 10.2 Å². The van der Waals surface area contributed by atoms with Gasteiger partial charge in [-0.25, -0.2) is 0 Å². The van der Waals surface area contributed by atoms with Crippen LogP contribution in [0, 0.1) is 0 Å². The number of hydrogen-bond donors (Lipinski definition) is 2. The summed E-state index contributed by atoms with van der Waals surface area (Å²) in [5.41, 5.74) is 0. The van der Waals surface area contributed by atoms with Gasteiger partial charge in [-0.3, -0.25) is 4.90 Å². The van der Waals surface area contributed by atoms with Gasteiger partial charge in [0, 0.05) is 13.1 Å². The molecule has 0 aliphatic carbocycles. The molecule has 2 unspecified atom stereocenters. The lowest BCUT2D eigenvalue weighted by molar-refractivity contribution is 0.0825. The fourth-order valence-corrected chi connectivity index (χ4v) is 6.01. The van der Waals surface area contributed by atoms with Crippen molar-refractivity contribution in [2.45, 2.75) is 213 Å². The summed E-state index contributed by atoms with van der Waals surface area (Å²) in [6, 6.07) is 0. The van der Waals surface area contributed by atoms with Crippen LogP contribution < -0.4 is 0 Å². The average molecular weight is 554 g/mol. The van der Waals surface area contributed by atoms with Gasteiger partial charge >= 0.3 is 0 Å². The lowest BCUT2D eigenvalue weighted by Crippen LogP contribution is -2.36. The fraction of sp³-hybridized carbons (Fsp3) is 1.00. The average Bonchev–Trinajstić information content (AvgIpc) is 2.89. The summed E-state index contributed by atoms with van der Waals surface area (Å²) in [4.78, 5) is 2.20. The molecule has 236 valence electrons. The summed E-state index contributed by atoms with van der Waals surface area (Å²) in [6.07, 6.45) is 39.4.